The lowest BCUT2D eigenvalue weighted by atomic mass is 9.94. The van der Waals surface area contributed by atoms with Crippen molar-refractivity contribution in [2.75, 3.05) is 0 Å². The summed E-state index contributed by atoms with van der Waals surface area (Å²) in [5.74, 6) is -1.07. The smallest absolute Gasteiger partial charge is 0.133 e. The fourth-order valence-corrected chi connectivity index (χ4v) is 8.79. The molecule has 0 amide bonds. The third-order valence-corrected chi connectivity index (χ3v) is 10.9. The van der Waals surface area contributed by atoms with Crippen LogP contribution >= 0.6 is 0 Å². The van der Waals surface area contributed by atoms with E-state index in [9.17, 15) is 8.78 Å². The molecule has 4 heteroatoms. The second-order valence-corrected chi connectivity index (χ2v) is 13.8. The highest BCUT2D eigenvalue weighted by molar-refractivity contribution is 7.03. The highest BCUT2D eigenvalue weighted by Gasteiger charge is 2.37. The van der Waals surface area contributed by atoms with Gasteiger partial charge in [0, 0.05) is 28.6 Å². The van der Waals surface area contributed by atoms with E-state index in [-0.39, 0.29) is 0 Å². The highest BCUT2D eigenvalue weighted by atomic mass is 28.3. The zero-order valence-electron chi connectivity index (χ0n) is 18.2. The van der Waals surface area contributed by atoms with Crippen molar-refractivity contribution in [1.29, 1.82) is 0 Å². The molecule has 0 radical (unpaired) electrons. The number of rotatable bonds is 0. The lowest BCUT2D eigenvalue weighted by Crippen LogP contribution is -2.56. The minimum absolute atomic E-state index is 0.450. The number of nitrogens with zero attached hydrogens (tertiary/aromatic N) is 1. The Hall–Kier alpha value is -3.63. The summed E-state index contributed by atoms with van der Waals surface area (Å²) < 4.78 is 28.9. The predicted molar refractivity (Wildman–Crippen MR) is 136 cm³/mol. The summed E-state index contributed by atoms with van der Waals surface area (Å²) in [5, 5.41) is 10.3. The van der Waals surface area contributed by atoms with Crippen LogP contribution in [0.4, 0.5) is 8.78 Å². The summed E-state index contributed by atoms with van der Waals surface area (Å²) >= 11 is 0. The van der Waals surface area contributed by atoms with Crippen molar-refractivity contribution in [1.82, 2.24) is 4.98 Å². The minimum Gasteiger partial charge on any atom is -0.256 e. The number of hydrogen-bond acceptors (Lipinski definition) is 1. The molecular formula is C29H19F2NSi. The zero-order chi connectivity index (χ0) is 22.5. The number of hydrogen-bond donors (Lipinski definition) is 0. The first-order valence-electron chi connectivity index (χ1n) is 11.1. The minimum atomic E-state index is -2.14. The van der Waals surface area contributed by atoms with Gasteiger partial charge in [-0.1, -0.05) is 61.6 Å². The first-order chi connectivity index (χ1) is 15.9. The molecule has 0 bridgehead atoms. The Bertz CT molecular complexity index is 1820. The van der Waals surface area contributed by atoms with Crippen LogP contribution in [0.3, 0.4) is 0 Å². The van der Waals surface area contributed by atoms with E-state index in [0.717, 1.165) is 27.9 Å². The first-order valence-corrected chi connectivity index (χ1v) is 14.1. The zero-order valence-corrected chi connectivity index (χ0v) is 19.2. The fourth-order valence-electron chi connectivity index (χ4n) is 5.74. The van der Waals surface area contributed by atoms with Gasteiger partial charge in [-0.2, -0.15) is 0 Å². The Balaban J connectivity index is 1.71. The molecule has 6 aromatic rings. The normalized spacial score (nSPS) is 14.3. The third-order valence-electron chi connectivity index (χ3n) is 7.38. The lowest BCUT2D eigenvalue weighted by Gasteiger charge is -2.34. The number of benzene rings is 5. The van der Waals surface area contributed by atoms with Gasteiger partial charge in [0.25, 0.3) is 0 Å². The van der Waals surface area contributed by atoms with Gasteiger partial charge in [0.1, 0.15) is 19.7 Å². The summed E-state index contributed by atoms with van der Waals surface area (Å²) in [6, 6.07) is 23.4. The summed E-state index contributed by atoms with van der Waals surface area (Å²) in [6.07, 6.45) is 1.86. The van der Waals surface area contributed by atoms with E-state index >= 15 is 0 Å². The van der Waals surface area contributed by atoms with Crippen molar-refractivity contribution in [2.24, 2.45) is 0 Å². The maximum atomic E-state index is 14.6. The second-order valence-electron chi connectivity index (χ2n) is 9.52. The number of halogens is 2. The van der Waals surface area contributed by atoms with Gasteiger partial charge in [-0.3, -0.25) is 4.98 Å². The van der Waals surface area contributed by atoms with Crippen molar-refractivity contribution in [3.63, 3.8) is 0 Å². The molecule has 0 unspecified atom stereocenters. The number of pyridine rings is 1. The molecule has 7 rings (SSSR count). The van der Waals surface area contributed by atoms with Gasteiger partial charge in [-0.15, -0.1) is 0 Å². The third kappa shape index (κ3) is 2.41. The van der Waals surface area contributed by atoms with Crippen molar-refractivity contribution in [2.45, 2.75) is 13.1 Å². The molecule has 0 atom stereocenters. The molecule has 0 saturated heterocycles. The maximum absolute atomic E-state index is 14.6. The van der Waals surface area contributed by atoms with E-state index in [4.69, 9.17) is 4.98 Å². The predicted octanol–water partition coefficient (Wildman–Crippen LogP) is 6.78. The van der Waals surface area contributed by atoms with Crippen molar-refractivity contribution in [3.8, 4) is 11.3 Å². The van der Waals surface area contributed by atoms with Gasteiger partial charge in [-0.05, 0) is 60.9 Å². The van der Waals surface area contributed by atoms with Gasteiger partial charge in [0.15, 0.2) is 0 Å². The van der Waals surface area contributed by atoms with Gasteiger partial charge in [0.2, 0.25) is 0 Å². The number of fused-ring (bicyclic) bond motifs is 7. The van der Waals surface area contributed by atoms with Gasteiger partial charge >= 0.3 is 0 Å². The monoisotopic (exact) mass is 447 g/mol. The second kappa shape index (κ2) is 6.24. The van der Waals surface area contributed by atoms with E-state index in [1.54, 1.807) is 6.07 Å². The van der Waals surface area contributed by atoms with Crippen LogP contribution in [-0.4, -0.2) is 13.1 Å². The molecule has 2 heterocycles. The standard InChI is InChI=1S/C29H19F2NSi/c1-33(2)26-12-17-6-4-3-5-16(17)11-24(26)29-28-21(9-10-32-29)19-7-8-20-22(23(19)15-27(28)33)13-18(30)14-25(20)31/h3-15H,1-2H3. The SMILES string of the molecule is C[Si]1(C)c2cc3ccccc3cc2-c2nccc3c2c1cc1c2cc(F)cc(F)c2ccc31. The Labute approximate surface area is 190 Å². The molecule has 1 aliphatic heterocycles. The molecule has 0 fully saturated rings. The molecule has 0 spiro atoms. The molecule has 5 aromatic carbocycles. The van der Waals surface area contributed by atoms with Gasteiger partial charge < -0.3 is 0 Å². The Morgan fingerprint density at radius 1 is 0.667 bits per heavy atom. The van der Waals surface area contributed by atoms with Gasteiger partial charge in [0.05, 0.1) is 5.69 Å². The van der Waals surface area contributed by atoms with E-state index in [1.165, 1.54) is 38.2 Å². The summed E-state index contributed by atoms with van der Waals surface area (Å²) in [4.78, 5) is 4.85. The molecule has 1 aromatic heterocycles. The largest absolute Gasteiger partial charge is 0.256 e. The Morgan fingerprint density at radius 3 is 2.21 bits per heavy atom. The average Bonchev–Trinajstić information content (AvgIpc) is 2.81. The Kier molecular flexibility index (Phi) is 3.57. The highest BCUT2D eigenvalue weighted by Crippen LogP contribution is 2.39. The van der Waals surface area contributed by atoms with E-state index in [0.29, 0.717) is 10.8 Å². The maximum Gasteiger partial charge on any atom is 0.133 e. The van der Waals surface area contributed by atoms with Crippen LogP contribution in [0, 0.1) is 11.6 Å². The Morgan fingerprint density at radius 2 is 1.39 bits per heavy atom. The number of aromatic nitrogens is 1. The summed E-state index contributed by atoms with van der Waals surface area (Å²) in [5.41, 5.74) is 2.21. The van der Waals surface area contributed by atoms with E-state index in [1.807, 2.05) is 18.3 Å². The molecule has 0 N–H and O–H groups in total. The van der Waals surface area contributed by atoms with E-state index in [2.05, 4.69) is 55.6 Å². The van der Waals surface area contributed by atoms with Crippen molar-refractivity contribution < 1.29 is 8.78 Å². The lowest BCUT2D eigenvalue weighted by molar-refractivity contribution is 0.592. The molecule has 0 aliphatic carbocycles. The molecule has 33 heavy (non-hydrogen) atoms. The van der Waals surface area contributed by atoms with Crippen LogP contribution in [0.25, 0.3) is 54.3 Å². The van der Waals surface area contributed by atoms with Crippen LogP contribution in [0.5, 0.6) is 0 Å². The van der Waals surface area contributed by atoms with Gasteiger partial charge in [-0.25, -0.2) is 8.78 Å². The molecule has 0 saturated carbocycles. The molecular weight excluding hydrogens is 428 g/mol. The van der Waals surface area contributed by atoms with Crippen LogP contribution in [0.1, 0.15) is 0 Å². The van der Waals surface area contributed by atoms with Crippen LogP contribution in [-0.2, 0) is 0 Å². The van der Waals surface area contributed by atoms with Crippen LogP contribution in [0.15, 0.2) is 79.0 Å². The molecule has 1 aliphatic rings. The van der Waals surface area contributed by atoms with Crippen molar-refractivity contribution >= 4 is 61.5 Å². The van der Waals surface area contributed by atoms with Crippen molar-refractivity contribution in [3.05, 3.63) is 90.6 Å². The average molecular weight is 448 g/mol. The van der Waals surface area contributed by atoms with Crippen LogP contribution in [0.2, 0.25) is 13.1 Å². The summed E-state index contributed by atoms with van der Waals surface area (Å²) in [6.45, 7) is 4.73. The van der Waals surface area contributed by atoms with E-state index < -0.39 is 19.7 Å². The first kappa shape index (κ1) is 18.9. The van der Waals surface area contributed by atoms with Crippen LogP contribution < -0.4 is 10.4 Å². The molecule has 1 nitrogen and oxygen atoms in total. The summed E-state index contributed by atoms with van der Waals surface area (Å²) in [7, 11) is -2.14. The topological polar surface area (TPSA) is 12.9 Å². The fraction of sp³-hybridized carbons (Fsp3) is 0.0690. The quantitative estimate of drug-likeness (QED) is 0.185. The molecule has 158 valence electrons.